The molecule has 1 aliphatic heterocycles. The highest BCUT2D eigenvalue weighted by atomic mass is 127. The fraction of sp³-hybridized carbons (Fsp3) is 0.148. The van der Waals surface area contributed by atoms with Crippen molar-refractivity contribution in [3.63, 3.8) is 0 Å². The van der Waals surface area contributed by atoms with Crippen molar-refractivity contribution in [3.8, 4) is 11.5 Å². The van der Waals surface area contributed by atoms with Gasteiger partial charge in [-0.05, 0) is 83.6 Å². The summed E-state index contributed by atoms with van der Waals surface area (Å²) in [6.07, 6.45) is 1.48. The highest BCUT2D eigenvalue weighted by Gasteiger charge is 2.34. The van der Waals surface area contributed by atoms with Gasteiger partial charge in [0.25, 0.3) is 11.8 Å². The third kappa shape index (κ3) is 6.46. The molecule has 8 nitrogen and oxygen atoms in total. The predicted octanol–water partition coefficient (Wildman–Crippen LogP) is 5.08. The summed E-state index contributed by atoms with van der Waals surface area (Å²) in [6.45, 7) is 1.56. The normalized spacial score (nSPS) is 14.0. The molecule has 0 saturated carbocycles. The summed E-state index contributed by atoms with van der Waals surface area (Å²) in [7, 11) is 0. The van der Waals surface area contributed by atoms with Gasteiger partial charge in [-0.2, -0.15) is 0 Å². The molecule has 3 aromatic carbocycles. The van der Waals surface area contributed by atoms with Crippen LogP contribution in [0.25, 0.3) is 6.08 Å². The lowest BCUT2D eigenvalue weighted by Gasteiger charge is -2.15. The number of amides is 4. The smallest absolute Gasteiger partial charge is 0.329 e. The Morgan fingerprint density at radius 3 is 2.53 bits per heavy atom. The molecular weight excluding hydrogens is 611 g/mol. The van der Waals surface area contributed by atoms with E-state index < -0.39 is 29.5 Å². The maximum atomic E-state index is 14.0. The van der Waals surface area contributed by atoms with Gasteiger partial charge in [0.1, 0.15) is 17.3 Å². The van der Waals surface area contributed by atoms with Gasteiger partial charge >= 0.3 is 6.03 Å². The van der Waals surface area contributed by atoms with Crippen LogP contribution >= 0.6 is 22.6 Å². The molecule has 196 valence electrons. The van der Waals surface area contributed by atoms with Crippen molar-refractivity contribution in [2.24, 2.45) is 0 Å². The summed E-state index contributed by atoms with van der Waals surface area (Å²) in [4.78, 5) is 38.5. The Labute approximate surface area is 230 Å². The first kappa shape index (κ1) is 27.0. The van der Waals surface area contributed by atoms with E-state index in [2.05, 4.69) is 10.6 Å². The van der Waals surface area contributed by atoms with Crippen LogP contribution in [0.2, 0.25) is 0 Å². The van der Waals surface area contributed by atoms with Crippen LogP contribution in [0.4, 0.5) is 19.3 Å². The number of imide groups is 1. The number of rotatable bonds is 9. The van der Waals surface area contributed by atoms with Gasteiger partial charge in [-0.1, -0.05) is 18.2 Å². The van der Waals surface area contributed by atoms with Crippen LogP contribution in [0.3, 0.4) is 0 Å². The Bertz CT molecular complexity index is 1410. The van der Waals surface area contributed by atoms with Gasteiger partial charge in [0.15, 0.2) is 18.1 Å². The molecule has 0 radical (unpaired) electrons. The maximum Gasteiger partial charge on any atom is 0.329 e. The van der Waals surface area contributed by atoms with Crippen LogP contribution in [-0.2, 0) is 16.1 Å². The van der Waals surface area contributed by atoms with E-state index in [-0.39, 0.29) is 24.4 Å². The van der Waals surface area contributed by atoms with E-state index in [4.69, 9.17) is 9.47 Å². The number of urea groups is 1. The summed E-state index contributed by atoms with van der Waals surface area (Å²) < 4.78 is 39.1. The van der Waals surface area contributed by atoms with E-state index >= 15 is 0 Å². The fourth-order valence-electron chi connectivity index (χ4n) is 3.62. The number of anilines is 1. The van der Waals surface area contributed by atoms with Crippen molar-refractivity contribution >= 4 is 52.2 Å². The van der Waals surface area contributed by atoms with Crippen LogP contribution in [-0.4, -0.2) is 36.0 Å². The quantitative estimate of drug-likeness (QED) is 0.195. The summed E-state index contributed by atoms with van der Waals surface area (Å²) >= 11 is 2.01. The molecule has 11 heteroatoms. The third-order valence-electron chi connectivity index (χ3n) is 5.37. The average molecular weight is 633 g/mol. The van der Waals surface area contributed by atoms with Gasteiger partial charge in [0, 0.05) is 11.3 Å². The highest BCUT2D eigenvalue weighted by molar-refractivity contribution is 14.1. The zero-order valence-electron chi connectivity index (χ0n) is 20.1. The lowest BCUT2D eigenvalue weighted by atomic mass is 10.1. The van der Waals surface area contributed by atoms with Gasteiger partial charge in [-0.15, -0.1) is 0 Å². The molecule has 0 aliphatic carbocycles. The Kier molecular flexibility index (Phi) is 8.56. The second kappa shape index (κ2) is 12.0. The standard InChI is InChI=1S/C27H22F2IN3O5/c1-2-37-23-13-16(11-21(30)25(23)38-15-24(34)31-19-9-7-18(28)8-10-19)12-22-26(35)33(27(36)32-22)14-17-5-3-4-6-20(17)29/h3-13H,2,14-15H2,1H3,(H,31,34)(H,32,36)/b22-12+. The number of carbonyl (C=O) groups is 3. The van der Waals surface area contributed by atoms with E-state index in [1.54, 1.807) is 25.1 Å². The van der Waals surface area contributed by atoms with Gasteiger partial charge in [0.05, 0.1) is 16.7 Å². The summed E-state index contributed by atoms with van der Waals surface area (Å²) in [5, 5.41) is 5.13. The number of nitrogens with zero attached hydrogens (tertiary/aromatic N) is 1. The Balaban J connectivity index is 1.49. The van der Waals surface area contributed by atoms with Crippen molar-refractivity contribution in [1.29, 1.82) is 0 Å². The van der Waals surface area contributed by atoms with Crippen LogP contribution in [0.15, 0.2) is 66.4 Å². The first-order chi connectivity index (χ1) is 18.2. The summed E-state index contributed by atoms with van der Waals surface area (Å²) in [6, 6.07) is 13.9. The largest absolute Gasteiger partial charge is 0.490 e. The minimum Gasteiger partial charge on any atom is -0.490 e. The topological polar surface area (TPSA) is 97.0 Å². The van der Waals surface area contributed by atoms with E-state index in [1.807, 2.05) is 22.6 Å². The molecule has 1 saturated heterocycles. The molecule has 1 fully saturated rings. The maximum absolute atomic E-state index is 14.0. The molecule has 1 heterocycles. The van der Waals surface area contributed by atoms with Crippen molar-refractivity contribution in [2.75, 3.05) is 18.5 Å². The Morgan fingerprint density at radius 2 is 1.82 bits per heavy atom. The molecule has 0 aromatic heterocycles. The molecule has 3 aromatic rings. The molecule has 0 spiro atoms. The summed E-state index contributed by atoms with van der Waals surface area (Å²) in [5.74, 6) is -1.31. The van der Waals surface area contributed by atoms with E-state index in [0.29, 0.717) is 32.9 Å². The number of halogens is 3. The highest BCUT2D eigenvalue weighted by Crippen LogP contribution is 2.35. The monoisotopic (exact) mass is 633 g/mol. The number of hydrogen-bond donors (Lipinski definition) is 2. The van der Waals surface area contributed by atoms with Gasteiger partial charge in [-0.25, -0.2) is 13.6 Å². The number of nitrogens with one attached hydrogen (secondary N) is 2. The Hall–Kier alpha value is -4.00. The van der Waals surface area contributed by atoms with Crippen LogP contribution in [0.1, 0.15) is 18.1 Å². The van der Waals surface area contributed by atoms with Crippen LogP contribution in [0.5, 0.6) is 11.5 Å². The zero-order chi connectivity index (χ0) is 27.2. The second-order valence-electron chi connectivity index (χ2n) is 8.08. The molecule has 38 heavy (non-hydrogen) atoms. The van der Waals surface area contributed by atoms with Crippen molar-refractivity contribution in [1.82, 2.24) is 10.2 Å². The third-order valence-corrected chi connectivity index (χ3v) is 6.17. The summed E-state index contributed by atoms with van der Waals surface area (Å²) in [5.41, 5.74) is 1.21. The lowest BCUT2D eigenvalue weighted by molar-refractivity contribution is -0.123. The number of carbonyl (C=O) groups excluding carboxylic acids is 3. The van der Waals surface area contributed by atoms with E-state index in [0.717, 1.165) is 4.90 Å². The molecule has 2 N–H and O–H groups in total. The first-order valence-electron chi connectivity index (χ1n) is 11.5. The lowest BCUT2D eigenvalue weighted by Crippen LogP contribution is -2.30. The molecule has 0 atom stereocenters. The van der Waals surface area contributed by atoms with Crippen molar-refractivity contribution < 1.29 is 32.6 Å². The van der Waals surface area contributed by atoms with Gasteiger partial charge in [-0.3, -0.25) is 14.5 Å². The number of benzene rings is 3. The van der Waals surface area contributed by atoms with E-state index in [1.165, 1.54) is 48.5 Å². The van der Waals surface area contributed by atoms with Gasteiger partial charge in [0.2, 0.25) is 0 Å². The van der Waals surface area contributed by atoms with Crippen LogP contribution in [0, 0.1) is 15.2 Å². The fourth-order valence-corrected chi connectivity index (χ4v) is 4.40. The molecule has 0 bridgehead atoms. The van der Waals surface area contributed by atoms with Crippen molar-refractivity contribution in [2.45, 2.75) is 13.5 Å². The van der Waals surface area contributed by atoms with Crippen LogP contribution < -0.4 is 20.1 Å². The van der Waals surface area contributed by atoms with Gasteiger partial charge < -0.3 is 20.1 Å². The second-order valence-corrected chi connectivity index (χ2v) is 9.24. The molecule has 0 unspecified atom stereocenters. The molecule has 1 aliphatic rings. The molecular formula is C27H22F2IN3O5. The number of hydrogen-bond acceptors (Lipinski definition) is 5. The SMILES string of the molecule is CCOc1cc(/C=C2/NC(=O)N(Cc3ccccc3F)C2=O)cc(I)c1OCC(=O)Nc1ccc(F)cc1. The molecule has 4 rings (SSSR count). The van der Waals surface area contributed by atoms with E-state index in [9.17, 15) is 23.2 Å². The predicted molar refractivity (Wildman–Crippen MR) is 144 cm³/mol. The minimum absolute atomic E-state index is 0.0249. The average Bonchev–Trinajstić information content (AvgIpc) is 3.13. The molecule has 4 amide bonds. The Morgan fingerprint density at radius 1 is 1.08 bits per heavy atom. The number of ether oxygens (including phenoxy) is 2. The van der Waals surface area contributed by atoms with Crippen molar-refractivity contribution in [3.05, 3.63) is 92.7 Å². The minimum atomic E-state index is -0.656. The first-order valence-corrected chi connectivity index (χ1v) is 12.6. The zero-order valence-corrected chi connectivity index (χ0v) is 22.3.